The lowest BCUT2D eigenvalue weighted by molar-refractivity contribution is -0.123. The van der Waals surface area contributed by atoms with Crippen LogP contribution in [0.4, 0.5) is 0 Å². The lowest BCUT2D eigenvalue weighted by atomic mass is 10.3. The van der Waals surface area contributed by atoms with E-state index in [4.69, 9.17) is 0 Å². The van der Waals surface area contributed by atoms with E-state index in [9.17, 15) is 9.59 Å². The number of carbonyl (C=O) groups is 2. The van der Waals surface area contributed by atoms with Gasteiger partial charge in [0.25, 0.3) is 0 Å². The van der Waals surface area contributed by atoms with Crippen molar-refractivity contribution in [3.05, 3.63) is 0 Å². The number of amides is 2. The number of nitrogens with one attached hydrogen (secondary N) is 3. The van der Waals surface area contributed by atoms with Gasteiger partial charge in [-0.1, -0.05) is 6.92 Å². The van der Waals surface area contributed by atoms with Gasteiger partial charge in [0.2, 0.25) is 11.8 Å². The Kier molecular flexibility index (Phi) is 6.62. The quantitative estimate of drug-likeness (QED) is 0.498. The fraction of sp³-hybridized carbons (Fsp3) is 0.833. The Morgan fingerprint density at radius 1 is 1.12 bits per heavy atom. The first-order valence-corrected chi connectivity index (χ1v) is 6.49. The van der Waals surface area contributed by atoms with Crippen LogP contribution in [0.5, 0.6) is 0 Å². The minimum atomic E-state index is 0.0589. The molecule has 1 rings (SSSR count). The average Bonchev–Trinajstić information content (AvgIpc) is 3.14. The predicted molar refractivity (Wildman–Crippen MR) is 66.5 cm³/mol. The highest BCUT2D eigenvalue weighted by atomic mass is 16.2. The third-order valence-electron chi connectivity index (χ3n) is 2.70. The fourth-order valence-electron chi connectivity index (χ4n) is 1.51. The molecule has 0 unspecified atom stereocenters. The molecule has 0 aromatic heterocycles. The standard InChI is InChI=1S/C12H23N3O2/c1-2-13-8-9-14-11(16)4-3-7-15-12(17)10-5-6-10/h10,13H,2-9H2,1H3,(H,14,16)(H,15,17). The number of hydrogen-bond acceptors (Lipinski definition) is 3. The maximum absolute atomic E-state index is 11.3. The number of hydrogen-bond donors (Lipinski definition) is 3. The maximum Gasteiger partial charge on any atom is 0.223 e. The molecule has 3 N–H and O–H groups in total. The Morgan fingerprint density at radius 3 is 2.53 bits per heavy atom. The van der Waals surface area contributed by atoms with Gasteiger partial charge in [-0.25, -0.2) is 0 Å². The van der Waals surface area contributed by atoms with E-state index >= 15 is 0 Å². The van der Waals surface area contributed by atoms with Crippen molar-refractivity contribution >= 4 is 11.8 Å². The minimum absolute atomic E-state index is 0.0589. The highest BCUT2D eigenvalue weighted by molar-refractivity contribution is 5.81. The van der Waals surface area contributed by atoms with Gasteiger partial charge in [-0.3, -0.25) is 9.59 Å². The molecule has 5 nitrogen and oxygen atoms in total. The molecule has 0 aromatic carbocycles. The summed E-state index contributed by atoms with van der Waals surface area (Å²) in [7, 11) is 0. The first kappa shape index (κ1) is 14.0. The van der Waals surface area contributed by atoms with E-state index in [2.05, 4.69) is 16.0 Å². The van der Waals surface area contributed by atoms with Gasteiger partial charge in [-0.05, 0) is 25.8 Å². The second-order valence-electron chi connectivity index (χ2n) is 4.37. The lowest BCUT2D eigenvalue weighted by Gasteiger charge is -2.06. The summed E-state index contributed by atoms with van der Waals surface area (Å²) in [5.74, 6) is 0.463. The summed E-state index contributed by atoms with van der Waals surface area (Å²) in [6, 6.07) is 0. The monoisotopic (exact) mass is 241 g/mol. The molecular weight excluding hydrogens is 218 g/mol. The Labute approximate surface area is 103 Å². The first-order valence-electron chi connectivity index (χ1n) is 6.49. The molecule has 17 heavy (non-hydrogen) atoms. The molecule has 1 saturated carbocycles. The van der Waals surface area contributed by atoms with Crippen molar-refractivity contribution in [2.75, 3.05) is 26.2 Å². The lowest BCUT2D eigenvalue weighted by Crippen LogP contribution is -2.32. The van der Waals surface area contributed by atoms with Gasteiger partial charge in [-0.2, -0.15) is 0 Å². The van der Waals surface area contributed by atoms with E-state index in [1.807, 2.05) is 6.92 Å². The number of rotatable bonds is 9. The highest BCUT2D eigenvalue weighted by Gasteiger charge is 2.28. The number of likely N-dealkylation sites (N-methyl/N-ethyl adjacent to an activating group) is 1. The highest BCUT2D eigenvalue weighted by Crippen LogP contribution is 2.28. The van der Waals surface area contributed by atoms with Crippen LogP contribution in [0, 0.1) is 5.92 Å². The Hall–Kier alpha value is -1.10. The van der Waals surface area contributed by atoms with Gasteiger partial charge < -0.3 is 16.0 Å². The van der Waals surface area contributed by atoms with Gasteiger partial charge in [0.1, 0.15) is 0 Å². The van der Waals surface area contributed by atoms with Crippen molar-refractivity contribution in [1.82, 2.24) is 16.0 Å². The second kappa shape index (κ2) is 8.06. The van der Waals surface area contributed by atoms with Crippen LogP contribution in [-0.2, 0) is 9.59 Å². The zero-order chi connectivity index (χ0) is 12.5. The van der Waals surface area contributed by atoms with Gasteiger partial charge in [0, 0.05) is 32.0 Å². The van der Waals surface area contributed by atoms with E-state index in [-0.39, 0.29) is 17.7 Å². The molecule has 1 fully saturated rings. The van der Waals surface area contributed by atoms with Crippen molar-refractivity contribution in [2.24, 2.45) is 5.92 Å². The van der Waals surface area contributed by atoms with Crippen LogP contribution >= 0.6 is 0 Å². The van der Waals surface area contributed by atoms with Gasteiger partial charge >= 0.3 is 0 Å². The van der Waals surface area contributed by atoms with E-state index in [1.54, 1.807) is 0 Å². The molecule has 2 amide bonds. The zero-order valence-corrected chi connectivity index (χ0v) is 10.6. The smallest absolute Gasteiger partial charge is 0.223 e. The summed E-state index contributed by atoms with van der Waals surface area (Å²) < 4.78 is 0. The summed E-state index contributed by atoms with van der Waals surface area (Å²) in [4.78, 5) is 22.6. The van der Waals surface area contributed by atoms with E-state index in [1.165, 1.54) is 0 Å². The average molecular weight is 241 g/mol. The van der Waals surface area contributed by atoms with Crippen molar-refractivity contribution in [2.45, 2.75) is 32.6 Å². The summed E-state index contributed by atoms with van der Waals surface area (Å²) >= 11 is 0. The first-order chi connectivity index (χ1) is 8.24. The molecule has 0 aromatic rings. The molecule has 1 aliphatic carbocycles. The SMILES string of the molecule is CCNCCNC(=O)CCCNC(=O)C1CC1. The predicted octanol–water partition coefficient (Wildman–Crippen LogP) is 0.0185. The second-order valence-corrected chi connectivity index (χ2v) is 4.37. The van der Waals surface area contributed by atoms with Crippen LogP contribution in [-0.4, -0.2) is 38.0 Å². The largest absolute Gasteiger partial charge is 0.356 e. The topological polar surface area (TPSA) is 70.2 Å². The molecule has 1 aliphatic rings. The van der Waals surface area contributed by atoms with Crippen LogP contribution in [0.2, 0.25) is 0 Å². The molecule has 0 atom stereocenters. The van der Waals surface area contributed by atoms with Crippen molar-refractivity contribution in [3.8, 4) is 0 Å². The van der Waals surface area contributed by atoms with Crippen LogP contribution in [0.3, 0.4) is 0 Å². The third kappa shape index (κ3) is 6.94. The summed E-state index contributed by atoms with van der Waals surface area (Å²) in [6.07, 6.45) is 3.25. The Morgan fingerprint density at radius 2 is 1.88 bits per heavy atom. The third-order valence-corrected chi connectivity index (χ3v) is 2.70. The van der Waals surface area contributed by atoms with E-state index in [0.717, 1.165) is 25.9 Å². The zero-order valence-electron chi connectivity index (χ0n) is 10.6. The van der Waals surface area contributed by atoms with E-state index in [0.29, 0.717) is 25.9 Å². The van der Waals surface area contributed by atoms with Gasteiger partial charge in [-0.15, -0.1) is 0 Å². The van der Waals surface area contributed by atoms with Crippen LogP contribution in [0.25, 0.3) is 0 Å². The summed E-state index contributed by atoms with van der Waals surface area (Å²) in [5.41, 5.74) is 0. The Balaban J connectivity index is 1.87. The number of carbonyl (C=O) groups excluding carboxylic acids is 2. The van der Waals surface area contributed by atoms with Gasteiger partial charge in [0.15, 0.2) is 0 Å². The minimum Gasteiger partial charge on any atom is -0.356 e. The molecule has 0 heterocycles. The summed E-state index contributed by atoms with van der Waals surface area (Å²) in [6.45, 7) is 5.03. The van der Waals surface area contributed by atoms with Gasteiger partial charge in [0.05, 0.1) is 0 Å². The molecule has 0 aliphatic heterocycles. The van der Waals surface area contributed by atoms with E-state index < -0.39 is 0 Å². The van der Waals surface area contributed by atoms with Crippen LogP contribution < -0.4 is 16.0 Å². The van der Waals surface area contributed by atoms with Crippen molar-refractivity contribution < 1.29 is 9.59 Å². The molecule has 0 radical (unpaired) electrons. The molecule has 5 heteroatoms. The Bertz CT molecular complexity index is 252. The fourth-order valence-corrected chi connectivity index (χ4v) is 1.51. The molecule has 98 valence electrons. The van der Waals surface area contributed by atoms with Crippen molar-refractivity contribution in [1.29, 1.82) is 0 Å². The van der Waals surface area contributed by atoms with Crippen LogP contribution in [0.15, 0.2) is 0 Å². The normalized spacial score (nSPS) is 14.4. The molecule has 0 spiro atoms. The van der Waals surface area contributed by atoms with Crippen LogP contribution in [0.1, 0.15) is 32.6 Å². The van der Waals surface area contributed by atoms with Crippen molar-refractivity contribution in [3.63, 3.8) is 0 Å². The molecule has 0 saturated heterocycles. The molecular formula is C12H23N3O2. The molecule has 0 bridgehead atoms. The summed E-state index contributed by atoms with van der Waals surface area (Å²) in [5, 5.41) is 8.81. The maximum atomic E-state index is 11.3.